The Labute approximate surface area is 109 Å². The summed E-state index contributed by atoms with van der Waals surface area (Å²) in [6.45, 7) is 8.62. The first-order valence-corrected chi connectivity index (χ1v) is 6.33. The van der Waals surface area contributed by atoms with E-state index in [-0.39, 0.29) is 17.4 Å². The van der Waals surface area contributed by atoms with Crippen LogP contribution in [0.2, 0.25) is 0 Å². The summed E-state index contributed by atoms with van der Waals surface area (Å²) in [6, 6.07) is 1.77. The Bertz CT molecular complexity index is 417. The third-order valence-electron chi connectivity index (χ3n) is 3.11. The molecule has 0 aliphatic rings. The van der Waals surface area contributed by atoms with E-state index in [4.69, 9.17) is 5.73 Å². The predicted octanol–water partition coefficient (Wildman–Crippen LogP) is 1.09. The van der Waals surface area contributed by atoms with Crippen molar-refractivity contribution in [2.45, 2.75) is 40.2 Å². The standard InChI is InChI=1S/C13H24N4O/c1-6-9-7-10(17(5)16-9)12(18)15-11(8-14)13(2,3)4/h7,11H,6,8,14H2,1-5H3,(H,15,18). The first-order valence-electron chi connectivity index (χ1n) is 6.33. The Morgan fingerprint density at radius 3 is 2.56 bits per heavy atom. The molecule has 1 rings (SSSR count). The van der Waals surface area contributed by atoms with Gasteiger partial charge in [0.25, 0.3) is 5.91 Å². The van der Waals surface area contributed by atoms with Gasteiger partial charge in [-0.25, -0.2) is 0 Å². The van der Waals surface area contributed by atoms with Crippen LogP contribution in [0.4, 0.5) is 0 Å². The van der Waals surface area contributed by atoms with Crippen LogP contribution in [0.15, 0.2) is 6.07 Å². The molecule has 1 heterocycles. The zero-order chi connectivity index (χ0) is 13.9. The van der Waals surface area contributed by atoms with Gasteiger partial charge in [-0.15, -0.1) is 0 Å². The van der Waals surface area contributed by atoms with Gasteiger partial charge < -0.3 is 11.1 Å². The van der Waals surface area contributed by atoms with Gasteiger partial charge in [0.2, 0.25) is 0 Å². The van der Waals surface area contributed by atoms with Crippen LogP contribution in [0.25, 0.3) is 0 Å². The van der Waals surface area contributed by atoms with Crippen molar-refractivity contribution in [2.24, 2.45) is 18.2 Å². The second-order valence-corrected chi connectivity index (χ2v) is 5.63. The molecule has 102 valence electrons. The summed E-state index contributed by atoms with van der Waals surface area (Å²) >= 11 is 0. The first-order chi connectivity index (χ1) is 8.29. The Kier molecular flexibility index (Phi) is 4.51. The number of nitrogens with two attached hydrogens (primary N) is 1. The number of amides is 1. The summed E-state index contributed by atoms with van der Waals surface area (Å²) in [6.07, 6.45) is 0.820. The van der Waals surface area contributed by atoms with Crippen molar-refractivity contribution >= 4 is 5.91 Å². The maximum absolute atomic E-state index is 12.2. The first kappa shape index (κ1) is 14.7. The predicted molar refractivity (Wildman–Crippen MR) is 72.3 cm³/mol. The second kappa shape index (κ2) is 5.52. The molecule has 1 atom stereocenters. The lowest BCUT2D eigenvalue weighted by atomic mass is 9.86. The van der Waals surface area contributed by atoms with E-state index in [1.165, 1.54) is 0 Å². The van der Waals surface area contributed by atoms with Crippen molar-refractivity contribution in [3.63, 3.8) is 0 Å². The molecule has 1 amide bonds. The topological polar surface area (TPSA) is 72.9 Å². The van der Waals surface area contributed by atoms with E-state index in [1.54, 1.807) is 11.7 Å². The van der Waals surface area contributed by atoms with Gasteiger partial charge in [0.1, 0.15) is 5.69 Å². The monoisotopic (exact) mass is 252 g/mol. The Morgan fingerprint density at radius 1 is 1.56 bits per heavy atom. The molecular formula is C13H24N4O. The summed E-state index contributed by atoms with van der Waals surface area (Å²) in [5.74, 6) is -0.116. The van der Waals surface area contributed by atoms with E-state index in [0.717, 1.165) is 12.1 Å². The highest BCUT2D eigenvalue weighted by atomic mass is 16.2. The smallest absolute Gasteiger partial charge is 0.269 e. The maximum Gasteiger partial charge on any atom is 0.269 e. The van der Waals surface area contributed by atoms with Crippen molar-refractivity contribution in [3.05, 3.63) is 17.5 Å². The van der Waals surface area contributed by atoms with E-state index in [9.17, 15) is 4.79 Å². The minimum atomic E-state index is -0.116. The minimum absolute atomic E-state index is 0.0509. The van der Waals surface area contributed by atoms with E-state index >= 15 is 0 Å². The third kappa shape index (κ3) is 3.32. The van der Waals surface area contributed by atoms with Crippen molar-refractivity contribution in [1.29, 1.82) is 0 Å². The average molecular weight is 252 g/mol. The fourth-order valence-electron chi connectivity index (χ4n) is 1.77. The fourth-order valence-corrected chi connectivity index (χ4v) is 1.77. The van der Waals surface area contributed by atoms with Gasteiger partial charge in [0.05, 0.1) is 5.69 Å². The van der Waals surface area contributed by atoms with E-state index in [2.05, 4.69) is 31.2 Å². The SMILES string of the molecule is CCc1cc(C(=O)NC(CN)C(C)(C)C)n(C)n1. The summed E-state index contributed by atoms with van der Waals surface area (Å²) in [7, 11) is 1.78. The molecule has 0 saturated carbocycles. The number of nitrogens with zero attached hydrogens (tertiary/aromatic N) is 2. The number of rotatable bonds is 4. The zero-order valence-corrected chi connectivity index (χ0v) is 11.9. The van der Waals surface area contributed by atoms with Gasteiger partial charge in [-0.05, 0) is 17.9 Å². The number of carbonyl (C=O) groups excluding carboxylic acids is 1. The van der Waals surface area contributed by atoms with Crippen molar-refractivity contribution in [2.75, 3.05) is 6.54 Å². The third-order valence-corrected chi connectivity index (χ3v) is 3.11. The fraction of sp³-hybridized carbons (Fsp3) is 0.692. The molecule has 0 spiro atoms. The molecule has 0 radical (unpaired) electrons. The van der Waals surface area contributed by atoms with Crippen LogP contribution in [0.1, 0.15) is 43.9 Å². The molecule has 0 fully saturated rings. The molecule has 1 unspecified atom stereocenters. The number of hydrogen-bond donors (Lipinski definition) is 2. The summed E-state index contributed by atoms with van der Waals surface area (Å²) in [5, 5.41) is 7.25. The van der Waals surface area contributed by atoms with Gasteiger partial charge in [-0.3, -0.25) is 9.48 Å². The van der Waals surface area contributed by atoms with Crippen LogP contribution < -0.4 is 11.1 Å². The van der Waals surface area contributed by atoms with Gasteiger partial charge in [0, 0.05) is 19.6 Å². The Morgan fingerprint density at radius 2 is 2.17 bits per heavy atom. The highest BCUT2D eigenvalue weighted by Crippen LogP contribution is 2.18. The number of aryl methyl sites for hydroxylation is 2. The molecule has 0 bridgehead atoms. The normalized spacial score (nSPS) is 13.4. The molecule has 1 aromatic rings. The molecule has 0 aromatic carbocycles. The van der Waals surface area contributed by atoms with E-state index in [0.29, 0.717) is 12.2 Å². The molecule has 5 nitrogen and oxygen atoms in total. The van der Waals surface area contributed by atoms with Crippen molar-refractivity contribution in [3.8, 4) is 0 Å². The molecule has 3 N–H and O–H groups in total. The highest BCUT2D eigenvalue weighted by Gasteiger charge is 2.26. The minimum Gasteiger partial charge on any atom is -0.346 e. The average Bonchev–Trinajstić information content (AvgIpc) is 2.65. The number of aromatic nitrogens is 2. The largest absolute Gasteiger partial charge is 0.346 e. The van der Waals surface area contributed by atoms with Gasteiger partial charge in [0.15, 0.2) is 0 Å². The second-order valence-electron chi connectivity index (χ2n) is 5.63. The lowest BCUT2D eigenvalue weighted by Crippen LogP contribution is -2.48. The Hall–Kier alpha value is -1.36. The van der Waals surface area contributed by atoms with Crippen LogP contribution in [0.3, 0.4) is 0 Å². The quantitative estimate of drug-likeness (QED) is 0.842. The summed E-state index contributed by atoms with van der Waals surface area (Å²) < 4.78 is 1.62. The molecule has 0 saturated heterocycles. The molecule has 1 aromatic heterocycles. The van der Waals surface area contributed by atoms with E-state index in [1.807, 2.05) is 13.0 Å². The zero-order valence-electron chi connectivity index (χ0n) is 11.9. The molecular weight excluding hydrogens is 228 g/mol. The maximum atomic E-state index is 12.2. The lowest BCUT2D eigenvalue weighted by molar-refractivity contribution is 0.0896. The summed E-state index contributed by atoms with van der Waals surface area (Å²) in [4.78, 5) is 12.2. The molecule has 5 heteroatoms. The summed E-state index contributed by atoms with van der Waals surface area (Å²) in [5.41, 5.74) is 7.16. The number of hydrogen-bond acceptors (Lipinski definition) is 3. The number of nitrogens with one attached hydrogen (secondary N) is 1. The lowest BCUT2D eigenvalue weighted by Gasteiger charge is -2.30. The van der Waals surface area contributed by atoms with E-state index < -0.39 is 0 Å². The van der Waals surface area contributed by atoms with Gasteiger partial charge >= 0.3 is 0 Å². The number of carbonyl (C=O) groups is 1. The highest BCUT2D eigenvalue weighted by molar-refractivity contribution is 5.92. The van der Waals surface area contributed by atoms with Crippen molar-refractivity contribution in [1.82, 2.24) is 15.1 Å². The van der Waals surface area contributed by atoms with Crippen molar-refractivity contribution < 1.29 is 4.79 Å². The van der Waals surface area contributed by atoms with Gasteiger partial charge in [-0.1, -0.05) is 27.7 Å². The van der Waals surface area contributed by atoms with Crippen LogP contribution in [0.5, 0.6) is 0 Å². The molecule has 0 aliphatic carbocycles. The molecule has 0 aliphatic heterocycles. The van der Waals surface area contributed by atoms with Crippen LogP contribution in [0, 0.1) is 5.41 Å². The van der Waals surface area contributed by atoms with Crippen LogP contribution >= 0.6 is 0 Å². The Balaban J connectivity index is 2.84. The van der Waals surface area contributed by atoms with Crippen LogP contribution in [-0.4, -0.2) is 28.3 Å². The molecule has 18 heavy (non-hydrogen) atoms. The van der Waals surface area contributed by atoms with Gasteiger partial charge in [-0.2, -0.15) is 5.10 Å². The van der Waals surface area contributed by atoms with Crippen LogP contribution in [-0.2, 0) is 13.5 Å².